The van der Waals surface area contributed by atoms with E-state index in [1.54, 1.807) is 18.2 Å². The van der Waals surface area contributed by atoms with Gasteiger partial charge in [0.2, 0.25) is 5.91 Å². The van der Waals surface area contributed by atoms with E-state index in [2.05, 4.69) is 5.32 Å². The quantitative estimate of drug-likeness (QED) is 0.630. The third-order valence-corrected chi connectivity index (χ3v) is 6.68. The number of para-hydroxylation sites is 1. The fraction of sp³-hybridized carbons (Fsp3) is 0.650. The Balaban J connectivity index is 1.31. The molecular weight excluding hydrogens is 316 g/mol. The Bertz CT molecular complexity index is 650. The lowest BCUT2D eigenvalue weighted by molar-refractivity contribution is -0.385. The van der Waals surface area contributed by atoms with Gasteiger partial charge in [-0.15, -0.1) is 0 Å². The van der Waals surface area contributed by atoms with Gasteiger partial charge in [-0.2, -0.15) is 0 Å². The maximum atomic E-state index is 12.2. The van der Waals surface area contributed by atoms with Gasteiger partial charge in [-0.3, -0.25) is 14.9 Å². The summed E-state index contributed by atoms with van der Waals surface area (Å²) < 4.78 is 0. The summed E-state index contributed by atoms with van der Waals surface area (Å²) in [6, 6.07) is 6.49. The Labute approximate surface area is 148 Å². The molecule has 1 aromatic carbocycles. The van der Waals surface area contributed by atoms with Crippen LogP contribution in [-0.2, 0) is 11.2 Å². The lowest BCUT2D eigenvalue weighted by atomic mass is 9.49. The zero-order valence-electron chi connectivity index (χ0n) is 14.6. The number of rotatable bonds is 6. The lowest BCUT2D eigenvalue weighted by Gasteiger charge is -2.57. The molecule has 0 heterocycles. The standard InChI is InChI=1S/C20H26N2O3/c23-19(10-17-3-1-2-4-18(17)22(24)25)21-6-5-20-11-14-7-15(12-20)9-16(8-14)13-20/h1-4,14-16H,5-13H2,(H,21,23). The average Bonchev–Trinajstić information content (AvgIpc) is 2.53. The van der Waals surface area contributed by atoms with Crippen molar-refractivity contribution in [3.63, 3.8) is 0 Å². The van der Waals surface area contributed by atoms with E-state index >= 15 is 0 Å². The maximum absolute atomic E-state index is 12.2. The molecule has 4 aliphatic rings. The number of benzene rings is 1. The van der Waals surface area contributed by atoms with Gasteiger partial charge in [0.1, 0.15) is 0 Å². The fourth-order valence-electron chi connectivity index (χ4n) is 6.14. The van der Waals surface area contributed by atoms with Crippen molar-refractivity contribution in [2.24, 2.45) is 23.2 Å². The third-order valence-electron chi connectivity index (χ3n) is 6.68. The van der Waals surface area contributed by atoms with E-state index in [0.29, 0.717) is 17.5 Å². The number of nitro groups is 1. The van der Waals surface area contributed by atoms with Crippen LogP contribution in [0.4, 0.5) is 5.69 Å². The highest BCUT2D eigenvalue weighted by Gasteiger charge is 2.50. The normalized spacial score (nSPS) is 32.6. The Hall–Kier alpha value is -1.91. The maximum Gasteiger partial charge on any atom is 0.273 e. The highest BCUT2D eigenvalue weighted by molar-refractivity contribution is 5.79. The van der Waals surface area contributed by atoms with Crippen molar-refractivity contribution >= 4 is 11.6 Å². The first-order valence-electron chi connectivity index (χ1n) is 9.52. The first-order valence-corrected chi connectivity index (χ1v) is 9.52. The molecule has 0 saturated heterocycles. The van der Waals surface area contributed by atoms with Crippen LogP contribution in [0.15, 0.2) is 24.3 Å². The number of nitro benzene ring substituents is 1. The van der Waals surface area contributed by atoms with Crippen molar-refractivity contribution < 1.29 is 9.72 Å². The molecule has 5 rings (SSSR count). The molecule has 0 unspecified atom stereocenters. The van der Waals surface area contributed by atoms with Crippen LogP contribution in [0.25, 0.3) is 0 Å². The Morgan fingerprint density at radius 2 is 1.72 bits per heavy atom. The van der Waals surface area contributed by atoms with E-state index in [1.807, 2.05) is 0 Å². The molecule has 1 aromatic rings. The topological polar surface area (TPSA) is 72.2 Å². The van der Waals surface area contributed by atoms with E-state index in [4.69, 9.17) is 0 Å². The van der Waals surface area contributed by atoms with Crippen LogP contribution in [0.2, 0.25) is 0 Å². The van der Waals surface area contributed by atoms with E-state index in [1.165, 1.54) is 44.6 Å². The Morgan fingerprint density at radius 3 is 2.32 bits per heavy atom. The van der Waals surface area contributed by atoms with Gasteiger partial charge in [0.25, 0.3) is 5.69 Å². The summed E-state index contributed by atoms with van der Waals surface area (Å²) in [5, 5.41) is 14.1. The van der Waals surface area contributed by atoms with Crippen LogP contribution in [0.3, 0.4) is 0 Å². The summed E-state index contributed by atoms with van der Waals surface area (Å²) >= 11 is 0. The minimum absolute atomic E-state index is 0.0266. The van der Waals surface area contributed by atoms with Gasteiger partial charge in [-0.1, -0.05) is 18.2 Å². The SMILES string of the molecule is O=C(Cc1ccccc1[N+](=O)[O-])NCCC12CC3CC(CC(C3)C1)C2. The second-order valence-corrected chi connectivity index (χ2v) is 8.58. The highest BCUT2D eigenvalue weighted by Crippen LogP contribution is 2.61. The van der Waals surface area contributed by atoms with E-state index in [9.17, 15) is 14.9 Å². The molecule has 1 N–H and O–H groups in total. The molecular formula is C20H26N2O3. The predicted octanol–water partition coefficient (Wildman–Crippen LogP) is 3.86. The van der Waals surface area contributed by atoms with Crippen molar-refractivity contribution in [2.75, 3.05) is 6.54 Å². The van der Waals surface area contributed by atoms with E-state index in [0.717, 1.165) is 24.2 Å². The summed E-state index contributed by atoms with van der Waals surface area (Å²) in [5.74, 6) is 2.66. The average molecular weight is 342 g/mol. The lowest BCUT2D eigenvalue weighted by Crippen LogP contribution is -2.47. The molecule has 5 nitrogen and oxygen atoms in total. The van der Waals surface area contributed by atoms with Crippen LogP contribution in [0.5, 0.6) is 0 Å². The van der Waals surface area contributed by atoms with Crippen LogP contribution in [0.1, 0.15) is 50.5 Å². The minimum Gasteiger partial charge on any atom is -0.356 e. The first kappa shape index (κ1) is 16.6. The molecule has 134 valence electrons. The monoisotopic (exact) mass is 342 g/mol. The second-order valence-electron chi connectivity index (χ2n) is 8.58. The van der Waals surface area contributed by atoms with Crippen molar-refractivity contribution in [3.8, 4) is 0 Å². The largest absolute Gasteiger partial charge is 0.356 e. The van der Waals surface area contributed by atoms with Gasteiger partial charge in [0.05, 0.1) is 11.3 Å². The van der Waals surface area contributed by atoms with Gasteiger partial charge in [-0.25, -0.2) is 0 Å². The summed E-state index contributed by atoms with van der Waals surface area (Å²) in [5.41, 5.74) is 0.972. The summed E-state index contributed by atoms with van der Waals surface area (Å²) in [4.78, 5) is 22.9. The van der Waals surface area contributed by atoms with Crippen LogP contribution in [0, 0.1) is 33.3 Å². The summed E-state index contributed by atoms with van der Waals surface area (Å²) in [6.45, 7) is 0.700. The predicted molar refractivity (Wildman–Crippen MR) is 95.0 cm³/mol. The number of hydrogen-bond acceptors (Lipinski definition) is 3. The Kier molecular flexibility index (Phi) is 4.26. The molecule has 1 amide bonds. The number of nitrogens with zero attached hydrogens (tertiary/aromatic N) is 1. The number of carbonyl (C=O) groups excluding carboxylic acids is 1. The molecule has 25 heavy (non-hydrogen) atoms. The van der Waals surface area contributed by atoms with Crippen LogP contribution >= 0.6 is 0 Å². The number of nitrogens with one attached hydrogen (secondary N) is 1. The van der Waals surface area contributed by atoms with Gasteiger partial charge in [0.15, 0.2) is 0 Å². The van der Waals surface area contributed by atoms with Crippen molar-refractivity contribution in [2.45, 2.75) is 51.4 Å². The molecule has 0 spiro atoms. The number of hydrogen-bond donors (Lipinski definition) is 1. The van der Waals surface area contributed by atoms with Crippen molar-refractivity contribution in [1.82, 2.24) is 5.32 Å². The highest BCUT2D eigenvalue weighted by atomic mass is 16.6. The molecule has 0 aromatic heterocycles. The molecule has 0 radical (unpaired) electrons. The zero-order valence-corrected chi connectivity index (χ0v) is 14.6. The molecule has 4 aliphatic carbocycles. The second kappa shape index (κ2) is 6.43. The number of amides is 1. The fourth-order valence-corrected chi connectivity index (χ4v) is 6.14. The molecule has 5 heteroatoms. The smallest absolute Gasteiger partial charge is 0.273 e. The molecule has 4 saturated carbocycles. The van der Waals surface area contributed by atoms with Crippen LogP contribution < -0.4 is 5.32 Å². The zero-order chi connectivity index (χ0) is 17.4. The van der Waals surface area contributed by atoms with Gasteiger partial charge < -0.3 is 5.32 Å². The molecule has 0 aliphatic heterocycles. The molecule has 4 bridgehead atoms. The van der Waals surface area contributed by atoms with E-state index < -0.39 is 4.92 Å². The molecule has 0 atom stereocenters. The number of carbonyl (C=O) groups is 1. The third kappa shape index (κ3) is 3.42. The van der Waals surface area contributed by atoms with Crippen molar-refractivity contribution in [3.05, 3.63) is 39.9 Å². The molecule has 4 fully saturated rings. The Morgan fingerprint density at radius 1 is 1.12 bits per heavy atom. The van der Waals surface area contributed by atoms with Gasteiger partial charge in [-0.05, 0) is 68.1 Å². The van der Waals surface area contributed by atoms with Crippen molar-refractivity contribution in [1.29, 1.82) is 0 Å². The van der Waals surface area contributed by atoms with Crippen LogP contribution in [-0.4, -0.2) is 17.4 Å². The van der Waals surface area contributed by atoms with E-state index in [-0.39, 0.29) is 18.0 Å². The van der Waals surface area contributed by atoms with Gasteiger partial charge in [0, 0.05) is 18.2 Å². The van der Waals surface area contributed by atoms with Gasteiger partial charge >= 0.3 is 0 Å². The summed E-state index contributed by atoms with van der Waals surface area (Å²) in [6.07, 6.45) is 9.49. The summed E-state index contributed by atoms with van der Waals surface area (Å²) in [7, 11) is 0. The minimum atomic E-state index is -0.419. The first-order chi connectivity index (χ1) is 12.0.